The Kier molecular flexibility index (Phi) is 5.71. The molecule has 0 radical (unpaired) electrons. The summed E-state index contributed by atoms with van der Waals surface area (Å²) in [5, 5.41) is 3.31. The maximum absolute atomic E-state index is 13.0. The Bertz CT molecular complexity index is 916. The predicted octanol–water partition coefficient (Wildman–Crippen LogP) is 3.88. The van der Waals surface area contributed by atoms with E-state index in [4.69, 9.17) is 15.2 Å². The van der Waals surface area contributed by atoms with Gasteiger partial charge in [0.1, 0.15) is 0 Å². The Morgan fingerprint density at radius 1 is 1.11 bits per heavy atom. The third kappa shape index (κ3) is 4.25. The second-order valence-corrected chi connectivity index (χ2v) is 5.76. The van der Waals surface area contributed by atoms with Crippen molar-refractivity contribution in [3.05, 3.63) is 60.2 Å². The Balaban J connectivity index is 1.80. The molecular weight excluding hydrogens is 347 g/mol. The highest BCUT2D eigenvalue weighted by Gasteiger charge is 2.10. The Labute approximate surface area is 157 Å². The highest BCUT2D eigenvalue weighted by Crippen LogP contribution is 2.31. The van der Waals surface area contributed by atoms with Crippen molar-refractivity contribution in [1.29, 1.82) is 0 Å². The van der Waals surface area contributed by atoms with Gasteiger partial charge in [0.25, 0.3) is 0 Å². The number of ether oxygens (including phenoxy) is 2. The van der Waals surface area contributed by atoms with Gasteiger partial charge in [-0.05, 0) is 36.8 Å². The number of nitrogens with one attached hydrogen (secondary N) is 1. The van der Waals surface area contributed by atoms with Crippen LogP contribution in [0.1, 0.15) is 12.5 Å². The molecule has 3 N–H and O–H groups in total. The number of methoxy groups -OCH3 is 1. The lowest BCUT2D eigenvalue weighted by molar-refractivity contribution is 0.310. The summed E-state index contributed by atoms with van der Waals surface area (Å²) in [5.74, 6) is 1.27. The number of para-hydroxylation sites is 1. The molecule has 3 rings (SSSR count). The molecule has 140 valence electrons. The van der Waals surface area contributed by atoms with E-state index in [2.05, 4.69) is 15.3 Å². The van der Waals surface area contributed by atoms with Crippen LogP contribution in [0.25, 0.3) is 11.4 Å². The highest BCUT2D eigenvalue weighted by atomic mass is 19.1. The number of nitrogen functional groups attached to an aromatic ring is 1. The number of nitrogens with two attached hydrogens (primary N) is 1. The Hall–Kier alpha value is -3.35. The van der Waals surface area contributed by atoms with Crippen LogP contribution in [0.15, 0.2) is 48.8 Å². The number of anilines is 2. The average molecular weight is 368 g/mol. The van der Waals surface area contributed by atoms with Crippen molar-refractivity contribution in [2.75, 3.05) is 24.8 Å². The van der Waals surface area contributed by atoms with Gasteiger partial charge in [0.2, 0.25) is 0 Å². The lowest BCUT2D eigenvalue weighted by atomic mass is 10.1. The summed E-state index contributed by atoms with van der Waals surface area (Å²) in [6.07, 6.45) is 2.24. The van der Waals surface area contributed by atoms with Gasteiger partial charge in [0.15, 0.2) is 23.1 Å². The number of hydrogen-bond acceptors (Lipinski definition) is 6. The van der Waals surface area contributed by atoms with E-state index in [1.54, 1.807) is 13.2 Å². The second-order valence-electron chi connectivity index (χ2n) is 5.76. The van der Waals surface area contributed by atoms with Gasteiger partial charge in [0.05, 0.1) is 37.5 Å². The van der Waals surface area contributed by atoms with Crippen LogP contribution in [0, 0.1) is 5.82 Å². The Morgan fingerprint density at radius 3 is 2.59 bits per heavy atom. The fourth-order valence-electron chi connectivity index (χ4n) is 2.66. The molecule has 0 aliphatic rings. The zero-order valence-electron chi connectivity index (χ0n) is 15.2. The monoisotopic (exact) mass is 368 g/mol. The molecule has 0 spiro atoms. The minimum absolute atomic E-state index is 0.376. The fourth-order valence-corrected chi connectivity index (χ4v) is 2.66. The molecule has 0 amide bonds. The zero-order chi connectivity index (χ0) is 19.2. The molecule has 0 atom stereocenters. The first-order chi connectivity index (χ1) is 13.1. The summed E-state index contributed by atoms with van der Waals surface area (Å²) in [6, 6.07) is 11.3. The normalized spacial score (nSPS) is 10.5. The first-order valence-corrected chi connectivity index (χ1v) is 8.52. The third-order valence-corrected chi connectivity index (χ3v) is 3.98. The van der Waals surface area contributed by atoms with Crippen LogP contribution in [-0.2, 0) is 6.54 Å². The predicted molar refractivity (Wildman–Crippen MR) is 103 cm³/mol. The van der Waals surface area contributed by atoms with Crippen molar-refractivity contribution >= 4 is 11.4 Å². The van der Waals surface area contributed by atoms with Crippen LogP contribution in [0.3, 0.4) is 0 Å². The summed E-state index contributed by atoms with van der Waals surface area (Å²) < 4.78 is 24.0. The zero-order valence-corrected chi connectivity index (χ0v) is 15.2. The summed E-state index contributed by atoms with van der Waals surface area (Å²) in [7, 11) is 1.61. The molecular formula is C20H21FN4O2. The van der Waals surface area contributed by atoms with Crippen LogP contribution < -0.4 is 20.5 Å². The number of benzene rings is 2. The van der Waals surface area contributed by atoms with E-state index in [1.165, 1.54) is 0 Å². The molecule has 3 aromatic rings. The lowest BCUT2D eigenvalue weighted by Gasteiger charge is -2.14. The fraction of sp³-hybridized carbons (Fsp3) is 0.200. The molecule has 1 aromatic heterocycles. The summed E-state index contributed by atoms with van der Waals surface area (Å²) in [6.45, 7) is 3.02. The molecule has 7 heteroatoms. The molecule has 0 fully saturated rings. The molecule has 0 aliphatic heterocycles. The minimum atomic E-state index is -0.490. The largest absolute Gasteiger partial charge is 0.493 e. The standard InChI is InChI=1S/C20H21FN4O2/c1-3-27-18-9-13(7-8-17(18)26-2)10-23-16-6-4-5-15(19(16)22)20-24-11-14(21)12-25-20/h4-9,11-12,23H,3,10,22H2,1-2H3. The van der Waals surface area contributed by atoms with E-state index in [0.29, 0.717) is 41.7 Å². The number of nitrogens with zero attached hydrogens (tertiary/aromatic N) is 2. The topological polar surface area (TPSA) is 82.3 Å². The Morgan fingerprint density at radius 2 is 1.89 bits per heavy atom. The van der Waals surface area contributed by atoms with E-state index < -0.39 is 5.82 Å². The van der Waals surface area contributed by atoms with Gasteiger partial charge in [-0.1, -0.05) is 12.1 Å². The molecule has 27 heavy (non-hydrogen) atoms. The number of aromatic nitrogens is 2. The molecule has 0 saturated carbocycles. The van der Waals surface area contributed by atoms with Crippen LogP contribution >= 0.6 is 0 Å². The third-order valence-electron chi connectivity index (χ3n) is 3.98. The smallest absolute Gasteiger partial charge is 0.161 e. The van der Waals surface area contributed by atoms with Crippen molar-refractivity contribution < 1.29 is 13.9 Å². The van der Waals surface area contributed by atoms with E-state index >= 15 is 0 Å². The van der Waals surface area contributed by atoms with Gasteiger partial charge in [-0.2, -0.15) is 0 Å². The maximum atomic E-state index is 13.0. The number of hydrogen-bond donors (Lipinski definition) is 2. The van der Waals surface area contributed by atoms with E-state index in [9.17, 15) is 4.39 Å². The molecule has 2 aromatic carbocycles. The molecule has 1 heterocycles. The summed E-state index contributed by atoms with van der Waals surface area (Å²) >= 11 is 0. The van der Waals surface area contributed by atoms with Gasteiger partial charge in [0, 0.05) is 12.1 Å². The van der Waals surface area contributed by atoms with E-state index in [0.717, 1.165) is 23.6 Å². The lowest BCUT2D eigenvalue weighted by Crippen LogP contribution is -2.05. The quantitative estimate of drug-likeness (QED) is 0.616. The van der Waals surface area contributed by atoms with Crippen LogP contribution in [0.4, 0.5) is 15.8 Å². The molecule has 0 saturated heterocycles. The molecule has 0 unspecified atom stereocenters. The average Bonchev–Trinajstić information content (AvgIpc) is 2.68. The van der Waals surface area contributed by atoms with Gasteiger partial charge in [-0.15, -0.1) is 0 Å². The van der Waals surface area contributed by atoms with Crippen LogP contribution in [0.2, 0.25) is 0 Å². The van der Waals surface area contributed by atoms with Crippen molar-refractivity contribution in [2.24, 2.45) is 0 Å². The van der Waals surface area contributed by atoms with Crippen molar-refractivity contribution in [1.82, 2.24) is 9.97 Å². The van der Waals surface area contributed by atoms with Crippen molar-refractivity contribution in [3.63, 3.8) is 0 Å². The number of halogens is 1. The van der Waals surface area contributed by atoms with Gasteiger partial charge in [-0.25, -0.2) is 14.4 Å². The van der Waals surface area contributed by atoms with E-state index in [1.807, 2.05) is 37.3 Å². The van der Waals surface area contributed by atoms with Gasteiger partial charge < -0.3 is 20.5 Å². The molecule has 0 aliphatic carbocycles. The van der Waals surface area contributed by atoms with Crippen LogP contribution in [0.5, 0.6) is 11.5 Å². The summed E-state index contributed by atoms with van der Waals surface area (Å²) in [4.78, 5) is 7.99. The minimum Gasteiger partial charge on any atom is -0.493 e. The van der Waals surface area contributed by atoms with Gasteiger partial charge in [-0.3, -0.25) is 0 Å². The number of rotatable bonds is 7. The first kappa shape index (κ1) is 18.4. The van der Waals surface area contributed by atoms with Crippen LogP contribution in [-0.4, -0.2) is 23.7 Å². The van der Waals surface area contributed by atoms with Gasteiger partial charge >= 0.3 is 0 Å². The van der Waals surface area contributed by atoms with E-state index in [-0.39, 0.29) is 0 Å². The SMILES string of the molecule is CCOc1cc(CNc2cccc(-c3ncc(F)cn3)c2N)ccc1OC. The molecule has 0 bridgehead atoms. The maximum Gasteiger partial charge on any atom is 0.161 e. The molecule has 6 nitrogen and oxygen atoms in total. The van der Waals surface area contributed by atoms with Crippen molar-refractivity contribution in [2.45, 2.75) is 13.5 Å². The van der Waals surface area contributed by atoms with Crippen molar-refractivity contribution in [3.8, 4) is 22.9 Å². The summed E-state index contributed by atoms with van der Waals surface area (Å²) in [5.41, 5.74) is 9.17. The highest BCUT2D eigenvalue weighted by molar-refractivity contribution is 5.82. The second kappa shape index (κ2) is 8.35. The first-order valence-electron chi connectivity index (χ1n) is 8.52.